The number of rotatable bonds is 9. The third-order valence-corrected chi connectivity index (χ3v) is 2.97. The molecular formula is C7H16N4O3S. The monoisotopic (exact) mass is 236 g/mol. The van der Waals surface area contributed by atoms with Gasteiger partial charge in [0.15, 0.2) is 0 Å². The third-order valence-electron chi connectivity index (χ3n) is 1.63. The zero-order valence-electron chi connectivity index (χ0n) is 8.72. The summed E-state index contributed by atoms with van der Waals surface area (Å²) in [7, 11) is -1.76. The van der Waals surface area contributed by atoms with E-state index in [-0.39, 0.29) is 12.4 Å². The Morgan fingerprint density at radius 1 is 1.47 bits per heavy atom. The van der Waals surface area contributed by atoms with Crippen LogP contribution in [0.25, 0.3) is 10.4 Å². The number of methoxy groups -OCH3 is 1. The molecule has 7 nitrogen and oxygen atoms in total. The van der Waals surface area contributed by atoms with Gasteiger partial charge in [0.05, 0.1) is 12.4 Å². The van der Waals surface area contributed by atoms with Crippen LogP contribution in [0.4, 0.5) is 0 Å². The molecular weight excluding hydrogens is 220 g/mol. The van der Waals surface area contributed by atoms with Gasteiger partial charge in [-0.15, -0.1) is 0 Å². The number of ether oxygens (including phenoxy) is 1. The highest BCUT2D eigenvalue weighted by molar-refractivity contribution is 7.89. The summed E-state index contributed by atoms with van der Waals surface area (Å²) in [6.45, 7) is 0.956. The fourth-order valence-corrected chi connectivity index (χ4v) is 1.83. The van der Waals surface area contributed by atoms with E-state index < -0.39 is 10.0 Å². The van der Waals surface area contributed by atoms with Gasteiger partial charge in [-0.2, -0.15) is 0 Å². The Labute approximate surface area is 89.5 Å². The summed E-state index contributed by atoms with van der Waals surface area (Å²) in [6.07, 6.45) is 1.34. The van der Waals surface area contributed by atoms with Crippen LogP contribution in [-0.2, 0) is 14.8 Å². The molecule has 15 heavy (non-hydrogen) atoms. The van der Waals surface area contributed by atoms with Gasteiger partial charge in [-0.25, -0.2) is 13.1 Å². The molecule has 0 amide bonds. The second kappa shape index (κ2) is 8.49. The Hall–Kier alpha value is -0.820. The first kappa shape index (κ1) is 14.2. The van der Waals surface area contributed by atoms with Crippen LogP contribution in [0, 0.1) is 0 Å². The second-order valence-electron chi connectivity index (χ2n) is 2.87. The van der Waals surface area contributed by atoms with Crippen LogP contribution in [0.1, 0.15) is 12.8 Å². The van der Waals surface area contributed by atoms with E-state index in [1.807, 2.05) is 0 Å². The number of hydrogen-bond acceptors (Lipinski definition) is 4. The molecule has 0 unspecified atom stereocenters. The number of hydrogen-bond donors (Lipinski definition) is 1. The maximum Gasteiger partial charge on any atom is 0.213 e. The topological polar surface area (TPSA) is 104 Å². The smallest absolute Gasteiger partial charge is 0.213 e. The first-order valence-electron chi connectivity index (χ1n) is 4.59. The maximum absolute atomic E-state index is 11.2. The number of nitrogens with one attached hydrogen (secondary N) is 1. The van der Waals surface area contributed by atoms with Crippen LogP contribution in [0.2, 0.25) is 0 Å². The van der Waals surface area contributed by atoms with Gasteiger partial charge in [-0.05, 0) is 18.4 Å². The SMILES string of the molecule is COCCS(=O)(=O)NCCCCN=[N+]=[N-]. The Kier molecular flexibility index (Phi) is 8.02. The van der Waals surface area contributed by atoms with Crippen molar-refractivity contribution in [2.45, 2.75) is 12.8 Å². The van der Waals surface area contributed by atoms with E-state index >= 15 is 0 Å². The maximum atomic E-state index is 11.2. The van der Waals surface area contributed by atoms with Crippen molar-refractivity contribution >= 4 is 10.0 Å². The van der Waals surface area contributed by atoms with Crippen LogP contribution >= 0.6 is 0 Å². The molecule has 0 saturated heterocycles. The minimum atomic E-state index is -3.21. The molecule has 88 valence electrons. The molecule has 0 aromatic rings. The van der Waals surface area contributed by atoms with Crippen LogP contribution in [0.5, 0.6) is 0 Å². The van der Waals surface area contributed by atoms with E-state index in [1.54, 1.807) is 0 Å². The molecule has 0 fully saturated rings. The molecule has 0 atom stereocenters. The summed E-state index contributed by atoms with van der Waals surface area (Å²) in [5.74, 6) is -0.0279. The van der Waals surface area contributed by atoms with Crippen LogP contribution < -0.4 is 4.72 Å². The van der Waals surface area contributed by atoms with Gasteiger partial charge < -0.3 is 4.74 Å². The first-order chi connectivity index (χ1) is 7.12. The Morgan fingerprint density at radius 2 is 2.20 bits per heavy atom. The predicted molar refractivity (Wildman–Crippen MR) is 56.9 cm³/mol. The molecule has 0 aliphatic rings. The summed E-state index contributed by atoms with van der Waals surface area (Å²) in [4.78, 5) is 2.59. The summed E-state index contributed by atoms with van der Waals surface area (Å²) < 4.78 is 29.5. The molecule has 8 heteroatoms. The fourth-order valence-electron chi connectivity index (χ4n) is 0.845. The van der Waals surface area contributed by atoms with Crippen LogP contribution in [-0.4, -0.2) is 41.0 Å². The number of azide groups is 1. The van der Waals surface area contributed by atoms with Crippen LogP contribution in [0.3, 0.4) is 0 Å². The van der Waals surface area contributed by atoms with Crippen molar-refractivity contribution in [3.05, 3.63) is 10.4 Å². The normalized spacial score (nSPS) is 11.0. The lowest BCUT2D eigenvalue weighted by molar-refractivity contribution is 0.217. The van der Waals surface area contributed by atoms with E-state index in [0.717, 1.165) is 0 Å². The van der Waals surface area contributed by atoms with E-state index in [2.05, 4.69) is 19.5 Å². The lowest BCUT2D eigenvalue weighted by Gasteiger charge is -2.04. The lowest BCUT2D eigenvalue weighted by atomic mass is 10.3. The molecule has 0 aromatic carbocycles. The molecule has 0 saturated carbocycles. The molecule has 0 spiro atoms. The minimum absolute atomic E-state index is 0.0279. The Bertz CT molecular complexity index is 297. The van der Waals surface area contributed by atoms with E-state index in [9.17, 15) is 8.42 Å². The highest BCUT2D eigenvalue weighted by Crippen LogP contribution is 1.91. The van der Waals surface area contributed by atoms with Crippen molar-refractivity contribution in [3.63, 3.8) is 0 Å². The summed E-state index contributed by atoms with van der Waals surface area (Å²) in [6, 6.07) is 0. The minimum Gasteiger partial charge on any atom is -0.384 e. The summed E-state index contributed by atoms with van der Waals surface area (Å²) in [5.41, 5.74) is 7.98. The largest absolute Gasteiger partial charge is 0.384 e. The molecule has 0 aliphatic carbocycles. The number of unbranched alkanes of at least 4 members (excludes halogenated alkanes) is 1. The standard InChI is InChI=1S/C7H16N4O3S/c1-14-6-7-15(12,13)10-5-3-2-4-9-11-8/h10H,2-7H2,1H3. The van der Waals surface area contributed by atoms with Gasteiger partial charge >= 0.3 is 0 Å². The average Bonchev–Trinajstić information content (AvgIpc) is 2.20. The number of sulfonamides is 1. The van der Waals surface area contributed by atoms with Crippen molar-refractivity contribution < 1.29 is 13.2 Å². The number of nitrogens with zero attached hydrogens (tertiary/aromatic N) is 3. The fraction of sp³-hybridized carbons (Fsp3) is 1.00. The molecule has 0 aliphatic heterocycles. The van der Waals surface area contributed by atoms with E-state index in [0.29, 0.717) is 25.9 Å². The highest BCUT2D eigenvalue weighted by Gasteiger charge is 2.07. The summed E-state index contributed by atoms with van der Waals surface area (Å²) in [5, 5.41) is 3.34. The van der Waals surface area contributed by atoms with Gasteiger partial charge in [0.1, 0.15) is 0 Å². The molecule has 0 bridgehead atoms. The quantitative estimate of drug-likeness (QED) is 0.275. The molecule has 0 aromatic heterocycles. The molecule has 0 rings (SSSR count). The van der Waals surface area contributed by atoms with Gasteiger partial charge in [-0.3, -0.25) is 0 Å². The molecule has 1 N–H and O–H groups in total. The van der Waals surface area contributed by atoms with Crippen molar-refractivity contribution in [2.24, 2.45) is 5.11 Å². The Balaban J connectivity index is 3.53. The molecule has 0 radical (unpaired) electrons. The predicted octanol–water partition coefficient (Wildman–Crippen LogP) is 0.643. The van der Waals surface area contributed by atoms with E-state index in [4.69, 9.17) is 5.53 Å². The van der Waals surface area contributed by atoms with Gasteiger partial charge in [0, 0.05) is 25.1 Å². The third kappa shape index (κ3) is 9.48. The van der Waals surface area contributed by atoms with Gasteiger partial charge in [0.25, 0.3) is 0 Å². The first-order valence-corrected chi connectivity index (χ1v) is 6.25. The van der Waals surface area contributed by atoms with E-state index in [1.165, 1.54) is 7.11 Å². The van der Waals surface area contributed by atoms with Crippen LogP contribution in [0.15, 0.2) is 5.11 Å². The highest BCUT2D eigenvalue weighted by atomic mass is 32.2. The zero-order chi connectivity index (χ0) is 11.6. The average molecular weight is 236 g/mol. The van der Waals surface area contributed by atoms with Gasteiger partial charge in [0.2, 0.25) is 10.0 Å². The van der Waals surface area contributed by atoms with Crippen molar-refractivity contribution in [1.82, 2.24) is 4.72 Å². The molecule has 0 heterocycles. The zero-order valence-corrected chi connectivity index (χ0v) is 9.53. The van der Waals surface area contributed by atoms with Crippen molar-refractivity contribution in [3.8, 4) is 0 Å². The van der Waals surface area contributed by atoms with Crippen molar-refractivity contribution in [1.29, 1.82) is 0 Å². The van der Waals surface area contributed by atoms with Crippen molar-refractivity contribution in [2.75, 3.05) is 32.6 Å². The Morgan fingerprint density at radius 3 is 2.80 bits per heavy atom. The van der Waals surface area contributed by atoms with Gasteiger partial charge in [-0.1, -0.05) is 5.11 Å². The second-order valence-corrected chi connectivity index (χ2v) is 4.79. The summed E-state index contributed by atoms with van der Waals surface area (Å²) >= 11 is 0. The lowest BCUT2D eigenvalue weighted by Crippen LogP contribution is -2.29.